The molecule has 2 amide bonds. The Kier molecular flexibility index (Phi) is 6.86. The third kappa shape index (κ3) is 5.00. The van der Waals surface area contributed by atoms with Gasteiger partial charge in [-0.2, -0.15) is 0 Å². The van der Waals surface area contributed by atoms with Gasteiger partial charge in [-0.25, -0.2) is 0 Å². The van der Waals surface area contributed by atoms with E-state index in [0.29, 0.717) is 31.0 Å². The molecule has 3 aromatic rings. The van der Waals surface area contributed by atoms with Crippen molar-refractivity contribution in [1.29, 1.82) is 0 Å². The van der Waals surface area contributed by atoms with Crippen LogP contribution in [0.2, 0.25) is 5.02 Å². The van der Waals surface area contributed by atoms with Gasteiger partial charge in [-0.05, 0) is 52.9 Å². The first-order chi connectivity index (χ1) is 15.5. The van der Waals surface area contributed by atoms with E-state index < -0.39 is 6.04 Å². The predicted octanol–water partition coefficient (Wildman–Crippen LogP) is 4.15. The summed E-state index contributed by atoms with van der Waals surface area (Å²) in [6, 6.07) is 19.0. The number of nitrogens with one attached hydrogen (secondary N) is 1. The van der Waals surface area contributed by atoms with Gasteiger partial charge >= 0.3 is 0 Å². The Labute approximate surface area is 193 Å². The highest BCUT2D eigenvalue weighted by atomic mass is 35.5. The smallest absolute Gasteiger partial charge is 0.243 e. The summed E-state index contributed by atoms with van der Waals surface area (Å²) in [6.07, 6.45) is 4.55. The van der Waals surface area contributed by atoms with Crippen molar-refractivity contribution in [2.45, 2.75) is 25.8 Å². The summed E-state index contributed by atoms with van der Waals surface area (Å²) in [7, 11) is 0. The average Bonchev–Trinajstić information content (AvgIpc) is 2.81. The van der Waals surface area contributed by atoms with E-state index in [9.17, 15) is 9.59 Å². The fourth-order valence-electron chi connectivity index (χ4n) is 4.29. The molecule has 1 N–H and O–H groups in total. The zero-order valence-corrected chi connectivity index (χ0v) is 18.8. The molecule has 0 spiro atoms. The lowest BCUT2D eigenvalue weighted by atomic mass is 9.92. The van der Waals surface area contributed by atoms with Crippen LogP contribution in [0.5, 0.6) is 0 Å². The van der Waals surface area contributed by atoms with E-state index in [-0.39, 0.29) is 17.7 Å². The van der Waals surface area contributed by atoms with Crippen molar-refractivity contribution in [1.82, 2.24) is 15.2 Å². The Balaban J connectivity index is 1.56. The summed E-state index contributed by atoms with van der Waals surface area (Å²) in [5.74, 6) is -0.368. The molecule has 5 nitrogen and oxygen atoms in total. The van der Waals surface area contributed by atoms with Crippen LogP contribution in [0.1, 0.15) is 18.1 Å². The van der Waals surface area contributed by atoms with Gasteiger partial charge in [-0.15, -0.1) is 0 Å². The number of piperazine rings is 1. The number of carbonyl (C=O) groups excluding carboxylic acids is 2. The lowest BCUT2D eigenvalue weighted by Crippen LogP contribution is -2.59. The summed E-state index contributed by atoms with van der Waals surface area (Å²) >= 11 is 6.10. The van der Waals surface area contributed by atoms with Crippen LogP contribution >= 0.6 is 11.6 Å². The second-order valence-electron chi connectivity index (χ2n) is 8.17. The highest BCUT2D eigenvalue weighted by Gasteiger charge is 2.35. The summed E-state index contributed by atoms with van der Waals surface area (Å²) in [4.78, 5) is 32.1. The lowest BCUT2D eigenvalue weighted by Gasteiger charge is -2.37. The highest BCUT2D eigenvalue weighted by Crippen LogP contribution is 2.26. The molecule has 0 radical (unpaired) electrons. The molecular weight excluding hydrogens is 422 g/mol. The van der Waals surface area contributed by atoms with E-state index >= 15 is 0 Å². The van der Waals surface area contributed by atoms with Crippen LogP contribution in [-0.2, 0) is 22.4 Å². The fourth-order valence-corrected chi connectivity index (χ4v) is 4.50. The molecule has 1 aliphatic rings. The monoisotopic (exact) mass is 447 g/mol. The Bertz CT molecular complexity index is 1100. The topological polar surface area (TPSA) is 62.3 Å². The molecule has 1 aromatic heterocycles. The minimum atomic E-state index is -0.541. The number of carbonyl (C=O) groups is 2. The molecular formula is C26H26ClN3O2. The zero-order valence-electron chi connectivity index (χ0n) is 18.0. The summed E-state index contributed by atoms with van der Waals surface area (Å²) in [5.41, 5.74) is 4.13. The minimum Gasteiger partial charge on any atom is -0.353 e. The Morgan fingerprint density at radius 2 is 1.94 bits per heavy atom. The molecule has 32 heavy (non-hydrogen) atoms. The van der Waals surface area contributed by atoms with Gasteiger partial charge in [0.05, 0.1) is 0 Å². The van der Waals surface area contributed by atoms with Crippen molar-refractivity contribution in [2.24, 2.45) is 5.92 Å². The number of pyridine rings is 1. The zero-order chi connectivity index (χ0) is 22.5. The van der Waals surface area contributed by atoms with Crippen LogP contribution in [0.3, 0.4) is 0 Å². The van der Waals surface area contributed by atoms with Crippen LogP contribution in [0.15, 0.2) is 73.1 Å². The first-order valence-electron chi connectivity index (χ1n) is 10.8. The third-order valence-electron chi connectivity index (χ3n) is 5.89. The highest BCUT2D eigenvalue weighted by molar-refractivity contribution is 6.30. The van der Waals surface area contributed by atoms with Gasteiger partial charge in [-0.3, -0.25) is 14.6 Å². The first-order valence-corrected chi connectivity index (χ1v) is 11.2. The van der Waals surface area contributed by atoms with Crippen LogP contribution in [0, 0.1) is 5.92 Å². The van der Waals surface area contributed by atoms with Crippen molar-refractivity contribution in [3.63, 3.8) is 0 Å². The summed E-state index contributed by atoms with van der Waals surface area (Å²) in [6.45, 7) is 2.89. The normalized spacial score (nSPS) is 17.0. The molecule has 2 aromatic carbocycles. The molecule has 1 fully saturated rings. The average molecular weight is 448 g/mol. The van der Waals surface area contributed by atoms with Crippen LogP contribution in [0.25, 0.3) is 11.1 Å². The number of amides is 2. The van der Waals surface area contributed by atoms with E-state index in [0.717, 1.165) is 22.3 Å². The van der Waals surface area contributed by atoms with Gasteiger partial charge in [0.1, 0.15) is 6.04 Å². The maximum Gasteiger partial charge on any atom is 0.243 e. The number of aromatic nitrogens is 1. The van der Waals surface area contributed by atoms with Crippen LogP contribution in [0.4, 0.5) is 0 Å². The molecule has 1 aliphatic heterocycles. The van der Waals surface area contributed by atoms with E-state index in [1.165, 1.54) is 0 Å². The van der Waals surface area contributed by atoms with Crippen molar-refractivity contribution < 1.29 is 9.59 Å². The van der Waals surface area contributed by atoms with Crippen molar-refractivity contribution in [2.75, 3.05) is 13.1 Å². The van der Waals surface area contributed by atoms with Crippen molar-refractivity contribution in [3.05, 3.63) is 89.2 Å². The van der Waals surface area contributed by atoms with Gasteiger partial charge in [0.15, 0.2) is 0 Å². The van der Waals surface area contributed by atoms with Crippen molar-refractivity contribution in [3.8, 4) is 11.1 Å². The van der Waals surface area contributed by atoms with Gasteiger partial charge in [0.25, 0.3) is 0 Å². The Hall–Kier alpha value is -3.18. The Morgan fingerprint density at radius 1 is 1.16 bits per heavy atom. The minimum absolute atomic E-state index is 0.00813. The quantitative estimate of drug-likeness (QED) is 0.617. The largest absolute Gasteiger partial charge is 0.353 e. The predicted molar refractivity (Wildman–Crippen MR) is 126 cm³/mol. The molecule has 6 heteroatoms. The van der Waals surface area contributed by atoms with Gasteiger partial charge in [-0.1, -0.05) is 54.9 Å². The standard InChI is InChI=1S/C26H26ClN3O2/c1-18(15-19-5-4-7-22(27)16-19)26(32)30-14-13-29-25(31)24(30)17-21-6-2-3-8-23(21)20-9-11-28-12-10-20/h2-12,16,18,24H,13-15,17H2,1H3,(H,29,31). The van der Waals surface area contributed by atoms with E-state index in [2.05, 4.69) is 10.3 Å². The molecule has 4 rings (SSSR count). The van der Waals surface area contributed by atoms with E-state index in [1.54, 1.807) is 17.3 Å². The summed E-state index contributed by atoms with van der Waals surface area (Å²) < 4.78 is 0. The number of halogens is 1. The molecule has 2 atom stereocenters. The van der Waals surface area contributed by atoms with Gasteiger partial charge in [0.2, 0.25) is 11.8 Å². The van der Waals surface area contributed by atoms with Crippen molar-refractivity contribution >= 4 is 23.4 Å². The second kappa shape index (κ2) is 9.96. The van der Waals surface area contributed by atoms with E-state index in [4.69, 9.17) is 11.6 Å². The molecule has 1 saturated heterocycles. The SMILES string of the molecule is CC(Cc1cccc(Cl)c1)C(=O)N1CCNC(=O)C1Cc1ccccc1-c1ccncc1. The van der Waals surface area contributed by atoms with Crippen LogP contribution < -0.4 is 5.32 Å². The van der Waals surface area contributed by atoms with Gasteiger partial charge in [0, 0.05) is 42.8 Å². The molecule has 0 bridgehead atoms. The molecule has 2 heterocycles. The number of rotatable bonds is 6. The number of benzene rings is 2. The number of hydrogen-bond acceptors (Lipinski definition) is 3. The Morgan fingerprint density at radius 3 is 2.72 bits per heavy atom. The molecule has 2 unspecified atom stereocenters. The van der Waals surface area contributed by atoms with Crippen LogP contribution in [-0.4, -0.2) is 40.8 Å². The number of hydrogen-bond donors (Lipinski definition) is 1. The second-order valence-corrected chi connectivity index (χ2v) is 8.61. The molecule has 0 saturated carbocycles. The third-order valence-corrected chi connectivity index (χ3v) is 6.12. The fraction of sp³-hybridized carbons (Fsp3) is 0.269. The molecule has 0 aliphatic carbocycles. The van der Waals surface area contributed by atoms with Gasteiger partial charge < -0.3 is 10.2 Å². The maximum absolute atomic E-state index is 13.4. The lowest BCUT2D eigenvalue weighted by molar-refractivity contribution is -0.145. The molecule has 164 valence electrons. The first kappa shape index (κ1) is 22.0. The number of nitrogens with zero attached hydrogens (tertiary/aromatic N) is 2. The maximum atomic E-state index is 13.4. The van der Waals surface area contributed by atoms with E-state index in [1.807, 2.05) is 67.6 Å². The summed E-state index contributed by atoms with van der Waals surface area (Å²) in [5, 5.41) is 3.59.